The Morgan fingerprint density at radius 1 is 1.00 bits per heavy atom. The molecule has 20 heavy (non-hydrogen) atoms. The minimum absolute atomic E-state index is 0.0377. The summed E-state index contributed by atoms with van der Waals surface area (Å²) in [5, 5.41) is 10.8. The standard InChI is InChI=1S/C18H24O2/c19-18-12-6-11-17(20-18)10-5-4-9-16(17)15(13-18)14-7-2-1-3-8-14/h1-3,7-8,15-16,19H,4-6,9-13H2/t15-,16-,17+,18-/m0/s1. The first-order valence-corrected chi connectivity index (χ1v) is 8.18. The summed E-state index contributed by atoms with van der Waals surface area (Å²) in [5.74, 6) is 0.196. The summed E-state index contributed by atoms with van der Waals surface area (Å²) in [6.45, 7) is 0. The van der Waals surface area contributed by atoms with Gasteiger partial charge < -0.3 is 9.84 Å². The summed E-state index contributed by atoms with van der Waals surface area (Å²) in [5.41, 5.74) is 1.36. The molecule has 0 radical (unpaired) electrons. The third kappa shape index (κ3) is 1.93. The summed E-state index contributed by atoms with van der Waals surface area (Å²) in [4.78, 5) is 0. The number of rotatable bonds is 1. The molecule has 1 saturated carbocycles. The molecule has 1 aromatic rings. The van der Waals surface area contributed by atoms with Gasteiger partial charge in [-0.1, -0.05) is 43.2 Å². The van der Waals surface area contributed by atoms with Crippen LogP contribution in [0.2, 0.25) is 0 Å². The van der Waals surface area contributed by atoms with Crippen LogP contribution in [-0.4, -0.2) is 16.5 Å². The Morgan fingerprint density at radius 3 is 2.65 bits per heavy atom. The Balaban J connectivity index is 1.75. The molecule has 2 nitrogen and oxygen atoms in total. The monoisotopic (exact) mass is 272 g/mol. The van der Waals surface area contributed by atoms with Crippen LogP contribution in [0, 0.1) is 5.92 Å². The predicted molar refractivity (Wildman–Crippen MR) is 78.4 cm³/mol. The van der Waals surface area contributed by atoms with E-state index in [1.165, 1.54) is 24.8 Å². The fourth-order valence-electron chi connectivity index (χ4n) is 5.07. The molecule has 2 bridgehead atoms. The first-order chi connectivity index (χ1) is 9.71. The predicted octanol–water partition coefficient (Wildman–Crippen LogP) is 3.99. The maximum atomic E-state index is 10.8. The van der Waals surface area contributed by atoms with Crippen molar-refractivity contribution in [2.75, 3.05) is 0 Å². The van der Waals surface area contributed by atoms with E-state index in [4.69, 9.17) is 4.74 Å². The number of benzene rings is 1. The number of fused-ring (bicyclic) bond motifs is 1. The summed E-state index contributed by atoms with van der Waals surface area (Å²) in [6, 6.07) is 10.8. The van der Waals surface area contributed by atoms with E-state index < -0.39 is 5.79 Å². The minimum atomic E-state index is -0.868. The molecule has 1 N–H and O–H groups in total. The minimum Gasteiger partial charge on any atom is -0.365 e. The van der Waals surface area contributed by atoms with Gasteiger partial charge in [-0.2, -0.15) is 0 Å². The highest BCUT2D eigenvalue weighted by molar-refractivity contribution is 5.24. The van der Waals surface area contributed by atoms with Gasteiger partial charge in [-0.05, 0) is 43.1 Å². The fourth-order valence-corrected chi connectivity index (χ4v) is 5.07. The molecule has 3 fully saturated rings. The van der Waals surface area contributed by atoms with Gasteiger partial charge in [-0.25, -0.2) is 0 Å². The van der Waals surface area contributed by atoms with E-state index in [0.29, 0.717) is 11.8 Å². The van der Waals surface area contributed by atoms with Gasteiger partial charge in [0.2, 0.25) is 0 Å². The first kappa shape index (κ1) is 12.8. The molecule has 4 atom stereocenters. The zero-order valence-electron chi connectivity index (χ0n) is 12.1. The van der Waals surface area contributed by atoms with E-state index in [0.717, 1.165) is 32.1 Å². The van der Waals surface area contributed by atoms with Crippen molar-refractivity contribution >= 4 is 0 Å². The molecular formula is C18H24O2. The molecule has 0 aromatic heterocycles. The molecule has 4 rings (SSSR count). The second-order valence-electron chi connectivity index (χ2n) is 7.04. The quantitative estimate of drug-likeness (QED) is 0.837. The Morgan fingerprint density at radius 2 is 1.80 bits per heavy atom. The van der Waals surface area contributed by atoms with E-state index in [-0.39, 0.29) is 5.60 Å². The SMILES string of the molecule is O[C@]12CCC[C@@]3(CCCC[C@H]3[C@H](c3ccccc3)C1)O2. The van der Waals surface area contributed by atoms with Crippen LogP contribution >= 0.6 is 0 Å². The van der Waals surface area contributed by atoms with Crippen molar-refractivity contribution in [1.82, 2.24) is 0 Å². The lowest BCUT2D eigenvalue weighted by molar-refractivity contribution is -0.343. The van der Waals surface area contributed by atoms with E-state index in [9.17, 15) is 5.11 Å². The summed E-state index contributed by atoms with van der Waals surface area (Å²) in [6.07, 6.45) is 8.83. The van der Waals surface area contributed by atoms with Crippen LogP contribution in [0.4, 0.5) is 0 Å². The van der Waals surface area contributed by atoms with Crippen LogP contribution in [0.5, 0.6) is 0 Å². The maximum absolute atomic E-state index is 10.8. The van der Waals surface area contributed by atoms with E-state index in [1.54, 1.807) is 0 Å². The highest BCUT2D eigenvalue weighted by Crippen LogP contribution is 2.58. The van der Waals surface area contributed by atoms with Crippen LogP contribution < -0.4 is 0 Å². The lowest BCUT2D eigenvalue weighted by atomic mass is 9.60. The maximum Gasteiger partial charge on any atom is 0.166 e. The zero-order chi connectivity index (χ0) is 13.6. The van der Waals surface area contributed by atoms with Crippen LogP contribution in [0.25, 0.3) is 0 Å². The zero-order valence-corrected chi connectivity index (χ0v) is 12.1. The molecule has 0 unspecified atom stereocenters. The highest BCUT2D eigenvalue weighted by atomic mass is 16.6. The van der Waals surface area contributed by atoms with Gasteiger partial charge in [-0.15, -0.1) is 0 Å². The molecule has 2 heterocycles. The van der Waals surface area contributed by atoms with Gasteiger partial charge in [0.25, 0.3) is 0 Å². The molecule has 3 aliphatic rings. The molecule has 2 saturated heterocycles. The molecule has 0 amide bonds. The number of hydrogen-bond acceptors (Lipinski definition) is 2. The van der Waals surface area contributed by atoms with Gasteiger partial charge in [0.15, 0.2) is 5.79 Å². The average Bonchev–Trinajstić information content (AvgIpc) is 2.46. The van der Waals surface area contributed by atoms with Crippen molar-refractivity contribution in [3.05, 3.63) is 35.9 Å². The molecule has 1 spiro atoms. The van der Waals surface area contributed by atoms with Gasteiger partial charge >= 0.3 is 0 Å². The molecule has 2 aliphatic heterocycles. The highest BCUT2D eigenvalue weighted by Gasteiger charge is 2.57. The lowest BCUT2D eigenvalue weighted by Crippen LogP contribution is -2.60. The van der Waals surface area contributed by atoms with Crippen molar-refractivity contribution in [1.29, 1.82) is 0 Å². The van der Waals surface area contributed by atoms with Crippen molar-refractivity contribution in [2.24, 2.45) is 5.92 Å². The van der Waals surface area contributed by atoms with Gasteiger partial charge in [-0.3, -0.25) is 0 Å². The molecule has 108 valence electrons. The summed E-state index contributed by atoms with van der Waals surface area (Å²) in [7, 11) is 0. The van der Waals surface area contributed by atoms with E-state index in [1.807, 2.05) is 0 Å². The Kier molecular flexibility index (Phi) is 2.94. The van der Waals surface area contributed by atoms with Crippen LogP contribution in [-0.2, 0) is 4.74 Å². The Hall–Kier alpha value is -0.860. The molecule has 2 heteroatoms. The van der Waals surface area contributed by atoms with Crippen LogP contribution in [0.15, 0.2) is 30.3 Å². The first-order valence-electron chi connectivity index (χ1n) is 8.18. The second kappa shape index (κ2) is 4.57. The molecule has 1 aliphatic carbocycles. The van der Waals surface area contributed by atoms with Crippen molar-refractivity contribution < 1.29 is 9.84 Å². The summed E-state index contributed by atoms with van der Waals surface area (Å²) < 4.78 is 6.31. The number of hydrogen-bond donors (Lipinski definition) is 1. The van der Waals surface area contributed by atoms with Gasteiger partial charge in [0.05, 0.1) is 5.60 Å². The van der Waals surface area contributed by atoms with Gasteiger partial charge in [0, 0.05) is 12.8 Å². The van der Waals surface area contributed by atoms with Crippen molar-refractivity contribution in [3.8, 4) is 0 Å². The Labute approximate surface area is 121 Å². The van der Waals surface area contributed by atoms with Crippen molar-refractivity contribution in [3.63, 3.8) is 0 Å². The molecule has 1 aromatic carbocycles. The normalized spacial score (nSPS) is 43.9. The van der Waals surface area contributed by atoms with Crippen LogP contribution in [0.3, 0.4) is 0 Å². The largest absolute Gasteiger partial charge is 0.365 e. The molecular weight excluding hydrogens is 248 g/mol. The lowest BCUT2D eigenvalue weighted by Gasteiger charge is -2.59. The smallest absolute Gasteiger partial charge is 0.166 e. The van der Waals surface area contributed by atoms with Crippen LogP contribution in [0.1, 0.15) is 62.8 Å². The average molecular weight is 272 g/mol. The number of aliphatic hydroxyl groups is 1. The number of ether oxygens (including phenoxy) is 1. The van der Waals surface area contributed by atoms with Gasteiger partial charge in [0.1, 0.15) is 0 Å². The second-order valence-corrected chi connectivity index (χ2v) is 7.04. The van der Waals surface area contributed by atoms with Crippen molar-refractivity contribution in [2.45, 2.75) is 68.7 Å². The Bertz CT molecular complexity index is 481. The summed E-state index contributed by atoms with van der Waals surface area (Å²) >= 11 is 0. The van der Waals surface area contributed by atoms with E-state index in [2.05, 4.69) is 30.3 Å². The fraction of sp³-hybridized carbons (Fsp3) is 0.667. The third-order valence-electron chi connectivity index (χ3n) is 5.85. The topological polar surface area (TPSA) is 29.5 Å². The van der Waals surface area contributed by atoms with E-state index >= 15 is 0 Å². The third-order valence-corrected chi connectivity index (χ3v) is 5.85.